The summed E-state index contributed by atoms with van der Waals surface area (Å²) in [6.07, 6.45) is 4.62. The van der Waals surface area contributed by atoms with Crippen LogP contribution in [0.2, 0.25) is 0 Å². The Labute approximate surface area is 138 Å². The molecule has 0 amide bonds. The van der Waals surface area contributed by atoms with Crippen molar-refractivity contribution in [3.05, 3.63) is 42.6 Å². The molecule has 0 saturated carbocycles. The van der Waals surface area contributed by atoms with Crippen molar-refractivity contribution < 1.29 is 9.13 Å². The van der Waals surface area contributed by atoms with Crippen LogP contribution in [0.15, 0.2) is 46.6 Å². The maximum absolute atomic E-state index is 13.6. The Morgan fingerprint density at radius 2 is 2.27 bits per heavy atom. The highest BCUT2D eigenvalue weighted by Gasteiger charge is 2.22. The van der Waals surface area contributed by atoms with E-state index in [4.69, 9.17) is 4.74 Å². The molecule has 2 aromatic heterocycles. The number of morpholine rings is 1. The van der Waals surface area contributed by atoms with Crippen LogP contribution in [0.25, 0.3) is 0 Å². The van der Waals surface area contributed by atoms with E-state index in [1.807, 2.05) is 12.1 Å². The van der Waals surface area contributed by atoms with Crippen LogP contribution in [0.1, 0.15) is 0 Å². The Balaban J connectivity index is 1.59. The summed E-state index contributed by atoms with van der Waals surface area (Å²) in [6.45, 7) is 2.21. The van der Waals surface area contributed by atoms with Gasteiger partial charge in [-0.15, -0.1) is 24.4 Å². The van der Waals surface area contributed by atoms with Gasteiger partial charge in [-0.05, 0) is 18.2 Å². The van der Waals surface area contributed by atoms with Crippen LogP contribution in [-0.2, 0) is 4.74 Å². The monoisotopic (exact) mass is 337 g/mol. The molecule has 7 heteroatoms. The van der Waals surface area contributed by atoms with Gasteiger partial charge in [-0.1, -0.05) is 0 Å². The molecule has 1 atom stereocenters. The summed E-state index contributed by atoms with van der Waals surface area (Å²) in [6, 6.07) is 5.57. The SMILES string of the molecule is Fc1cnccc1SCC1CN(c2ccc(S)cn2)CCO1. The number of nitrogens with zero attached hydrogens (tertiary/aromatic N) is 3. The number of halogens is 1. The van der Waals surface area contributed by atoms with Crippen LogP contribution < -0.4 is 4.90 Å². The second kappa shape index (κ2) is 7.30. The smallest absolute Gasteiger partial charge is 0.155 e. The van der Waals surface area contributed by atoms with E-state index in [0.29, 0.717) is 17.3 Å². The maximum Gasteiger partial charge on any atom is 0.155 e. The molecule has 1 aliphatic heterocycles. The van der Waals surface area contributed by atoms with Crippen molar-refractivity contribution in [1.82, 2.24) is 9.97 Å². The minimum absolute atomic E-state index is 0.0452. The molecule has 1 fully saturated rings. The first-order valence-electron chi connectivity index (χ1n) is 6.96. The molecule has 0 aromatic carbocycles. The lowest BCUT2D eigenvalue weighted by Crippen LogP contribution is -2.44. The van der Waals surface area contributed by atoms with Gasteiger partial charge < -0.3 is 9.64 Å². The Hall–Kier alpha value is -1.31. The van der Waals surface area contributed by atoms with Crippen LogP contribution in [0, 0.1) is 5.82 Å². The van der Waals surface area contributed by atoms with Gasteiger partial charge in [0.1, 0.15) is 5.82 Å². The lowest BCUT2D eigenvalue weighted by atomic mass is 10.3. The van der Waals surface area contributed by atoms with E-state index in [0.717, 1.165) is 23.8 Å². The number of anilines is 1. The third-order valence-corrected chi connectivity index (χ3v) is 4.80. The van der Waals surface area contributed by atoms with Crippen LogP contribution >= 0.6 is 24.4 Å². The fourth-order valence-corrected chi connectivity index (χ4v) is 3.30. The molecule has 0 N–H and O–H groups in total. The summed E-state index contributed by atoms with van der Waals surface area (Å²) < 4.78 is 19.3. The van der Waals surface area contributed by atoms with E-state index in [-0.39, 0.29) is 11.9 Å². The molecule has 22 heavy (non-hydrogen) atoms. The largest absolute Gasteiger partial charge is 0.374 e. The van der Waals surface area contributed by atoms with Gasteiger partial charge >= 0.3 is 0 Å². The second-order valence-corrected chi connectivity index (χ2v) is 6.51. The van der Waals surface area contributed by atoms with Gasteiger partial charge in [-0.3, -0.25) is 4.98 Å². The summed E-state index contributed by atoms with van der Waals surface area (Å²) in [4.78, 5) is 11.8. The highest BCUT2D eigenvalue weighted by Crippen LogP contribution is 2.24. The predicted octanol–water partition coefficient (Wildman–Crippen LogP) is 2.90. The zero-order valence-electron chi connectivity index (χ0n) is 11.9. The Kier molecular flexibility index (Phi) is 5.17. The van der Waals surface area contributed by atoms with E-state index in [1.54, 1.807) is 18.5 Å². The third-order valence-electron chi connectivity index (χ3n) is 3.36. The molecule has 0 spiro atoms. The van der Waals surface area contributed by atoms with E-state index in [2.05, 4.69) is 27.5 Å². The van der Waals surface area contributed by atoms with Crippen molar-refractivity contribution in [1.29, 1.82) is 0 Å². The van der Waals surface area contributed by atoms with E-state index >= 15 is 0 Å². The molecule has 1 aliphatic rings. The third kappa shape index (κ3) is 3.91. The minimum atomic E-state index is -0.286. The van der Waals surface area contributed by atoms with Crippen LogP contribution in [0.4, 0.5) is 10.2 Å². The number of aromatic nitrogens is 2. The second-order valence-electron chi connectivity index (χ2n) is 4.93. The lowest BCUT2D eigenvalue weighted by molar-refractivity contribution is 0.0560. The lowest BCUT2D eigenvalue weighted by Gasteiger charge is -2.33. The fourth-order valence-electron chi connectivity index (χ4n) is 2.26. The van der Waals surface area contributed by atoms with E-state index in [9.17, 15) is 4.39 Å². The summed E-state index contributed by atoms with van der Waals surface area (Å²) in [5.41, 5.74) is 0. The molecule has 116 valence electrons. The molecule has 0 bridgehead atoms. The average Bonchev–Trinajstić information content (AvgIpc) is 2.55. The van der Waals surface area contributed by atoms with Gasteiger partial charge in [-0.2, -0.15) is 0 Å². The van der Waals surface area contributed by atoms with Crippen molar-refractivity contribution in [3.63, 3.8) is 0 Å². The average molecular weight is 337 g/mol. The number of hydrogen-bond acceptors (Lipinski definition) is 6. The first-order valence-corrected chi connectivity index (χ1v) is 8.39. The van der Waals surface area contributed by atoms with E-state index in [1.165, 1.54) is 18.0 Å². The van der Waals surface area contributed by atoms with Crippen molar-refractivity contribution in [2.75, 3.05) is 30.3 Å². The zero-order valence-corrected chi connectivity index (χ0v) is 13.6. The van der Waals surface area contributed by atoms with Crippen molar-refractivity contribution >= 4 is 30.2 Å². The topological polar surface area (TPSA) is 38.2 Å². The van der Waals surface area contributed by atoms with E-state index < -0.39 is 0 Å². The number of hydrogen-bond donors (Lipinski definition) is 1. The van der Waals surface area contributed by atoms with Crippen molar-refractivity contribution in [3.8, 4) is 0 Å². The number of thioether (sulfide) groups is 1. The summed E-state index contributed by atoms with van der Waals surface area (Å²) >= 11 is 5.70. The van der Waals surface area contributed by atoms with Crippen LogP contribution in [0.3, 0.4) is 0 Å². The number of ether oxygens (including phenoxy) is 1. The Bertz CT molecular complexity index is 626. The summed E-state index contributed by atoms with van der Waals surface area (Å²) in [5, 5.41) is 0. The van der Waals surface area contributed by atoms with Gasteiger partial charge in [0.25, 0.3) is 0 Å². The molecular weight excluding hydrogens is 321 g/mol. The van der Waals surface area contributed by atoms with Crippen LogP contribution in [0.5, 0.6) is 0 Å². The number of rotatable bonds is 4. The Morgan fingerprint density at radius 3 is 3.05 bits per heavy atom. The van der Waals surface area contributed by atoms with Gasteiger partial charge in [-0.25, -0.2) is 9.37 Å². The first kappa shape index (κ1) is 15.6. The highest BCUT2D eigenvalue weighted by atomic mass is 32.2. The molecular formula is C15H16FN3OS2. The van der Waals surface area contributed by atoms with Crippen LogP contribution in [-0.4, -0.2) is 41.5 Å². The molecule has 4 nitrogen and oxygen atoms in total. The highest BCUT2D eigenvalue weighted by molar-refractivity contribution is 7.99. The number of pyridine rings is 2. The standard InChI is InChI=1S/C15H16FN3OS2/c16-13-8-17-4-3-14(13)22-10-11-9-19(5-6-20-11)15-2-1-12(21)7-18-15/h1-4,7-8,11,21H,5-6,9-10H2. The summed E-state index contributed by atoms with van der Waals surface area (Å²) in [7, 11) is 0. The normalized spacial score (nSPS) is 18.5. The minimum Gasteiger partial charge on any atom is -0.374 e. The fraction of sp³-hybridized carbons (Fsp3) is 0.333. The molecule has 0 aliphatic carbocycles. The van der Waals surface area contributed by atoms with Crippen molar-refractivity contribution in [2.24, 2.45) is 0 Å². The molecule has 3 heterocycles. The molecule has 2 aromatic rings. The zero-order chi connectivity index (χ0) is 15.4. The quantitative estimate of drug-likeness (QED) is 0.686. The van der Waals surface area contributed by atoms with Gasteiger partial charge in [0, 0.05) is 41.0 Å². The molecule has 3 rings (SSSR count). The molecule has 0 radical (unpaired) electrons. The predicted molar refractivity (Wildman–Crippen MR) is 88.4 cm³/mol. The molecule has 1 unspecified atom stereocenters. The van der Waals surface area contributed by atoms with Gasteiger partial charge in [0.05, 0.1) is 18.9 Å². The maximum atomic E-state index is 13.6. The Morgan fingerprint density at radius 1 is 1.36 bits per heavy atom. The molecule has 1 saturated heterocycles. The van der Waals surface area contributed by atoms with Crippen molar-refractivity contribution in [2.45, 2.75) is 15.9 Å². The first-order chi connectivity index (χ1) is 10.7. The van der Waals surface area contributed by atoms with Gasteiger partial charge in [0.15, 0.2) is 5.82 Å². The summed E-state index contributed by atoms with van der Waals surface area (Å²) in [5.74, 6) is 1.33. The number of thiol groups is 1. The van der Waals surface area contributed by atoms with Gasteiger partial charge in [0.2, 0.25) is 0 Å².